The monoisotopic (exact) mass is 421 g/mol. The highest BCUT2D eigenvalue weighted by molar-refractivity contribution is 7.99. The molecule has 1 aliphatic rings. The van der Waals surface area contributed by atoms with Crippen LogP contribution < -0.4 is 16.3 Å². The summed E-state index contributed by atoms with van der Waals surface area (Å²) in [7, 11) is 0. The number of thiophene rings is 1. The average molecular weight is 422 g/mol. The maximum Gasteiger partial charge on any atom is 0.344 e. The molecule has 11 heteroatoms. The molecule has 1 atom stereocenters. The fourth-order valence-electron chi connectivity index (χ4n) is 2.64. The van der Waals surface area contributed by atoms with Gasteiger partial charge in [0, 0.05) is 6.54 Å². The van der Waals surface area contributed by atoms with Crippen LogP contribution in [0.1, 0.15) is 20.3 Å². The second-order valence-electron chi connectivity index (χ2n) is 6.32. The number of carbonyl (C=O) groups excluding carboxylic acids is 3. The van der Waals surface area contributed by atoms with E-state index in [4.69, 9.17) is 0 Å². The number of aromatic nitrogens is 2. The maximum atomic E-state index is 12.6. The van der Waals surface area contributed by atoms with Crippen LogP contribution in [0.5, 0.6) is 0 Å². The second kappa shape index (κ2) is 7.76. The van der Waals surface area contributed by atoms with Gasteiger partial charge in [-0.2, -0.15) is 5.01 Å². The van der Waals surface area contributed by atoms with Crippen LogP contribution in [0.4, 0.5) is 4.79 Å². The summed E-state index contributed by atoms with van der Waals surface area (Å²) in [6.07, 6.45) is 1.97. The summed E-state index contributed by atoms with van der Waals surface area (Å²) in [5.41, 5.74) is 1.08. The van der Waals surface area contributed by atoms with E-state index in [0.717, 1.165) is 11.8 Å². The zero-order valence-electron chi connectivity index (χ0n) is 15.4. The van der Waals surface area contributed by atoms with E-state index in [2.05, 4.69) is 22.3 Å². The molecule has 28 heavy (non-hydrogen) atoms. The number of hydrogen-bond acceptors (Lipinski definition) is 7. The highest BCUT2D eigenvalue weighted by Crippen LogP contribution is 2.22. The van der Waals surface area contributed by atoms with Gasteiger partial charge in [-0.15, -0.1) is 17.9 Å². The van der Waals surface area contributed by atoms with E-state index in [1.807, 2.05) is 0 Å². The smallest absolute Gasteiger partial charge is 0.322 e. The first-order chi connectivity index (χ1) is 13.3. The number of urea groups is 1. The van der Waals surface area contributed by atoms with Gasteiger partial charge in [0.05, 0.1) is 11.1 Å². The lowest BCUT2D eigenvalue weighted by molar-refractivity contribution is -0.137. The fourth-order valence-corrected chi connectivity index (χ4v) is 4.25. The van der Waals surface area contributed by atoms with E-state index in [0.29, 0.717) is 26.8 Å². The molecule has 3 heterocycles. The number of amides is 4. The van der Waals surface area contributed by atoms with Crippen molar-refractivity contribution in [3.8, 4) is 0 Å². The number of hydrogen-bond donors (Lipinski definition) is 2. The Kier molecular flexibility index (Phi) is 5.57. The van der Waals surface area contributed by atoms with Crippen molar-refractivity contribution in [2.75, 3.05) is 5.75 Å². The number of thioether (sulfide) groups is 1. The fraction of sp³-hybridized carbons (Fsp3) is 0.353. The van der Waals surface area contributed by atoms with Crippen LogP contribution >= 0.6 is 23.1 Å². The van der Waals surface area contributed by atoms with Crippen molar-refractivity contribution in [2.24, 2.45) is 0 Å². The number of fused-ring (bicyclic) bond motifs is 1. The van der Waals surface area contributed by atoms with E-state index < -0.39 is 23.4 Å². The number of allylic oxidation sites excluding steroid dienone is 1. The predicted octanol–water partition coefficient (Wildman–Crippen LogP) is 1.49. The summed E-state index contributed by atoms with van der Waals surface area (Å²) >= 11 is 2.38. The number of hydrazine groups is 1. The Balaban J connectivity index is 1.74. The molecule has 0 aromatic carbocycles. The van der Waals surface area contributed by atoms with Crippen molar-refractivity contribution in [3.05, 3.63) is 34.5 Å². The molecule has 1 fully saturated rings. The van der Waals surface area contributed by atoms with Crippen LogP contribution in [0, 0.1) is 0 Å². The van der Waals surface area contributed by atoms with Gasteiger partial charge in [-0.25, -0.2) is 9.78 Å². The van der Waals surface area contributed by atoms with Crippen molar-refractivity contribution in [1.29, 1.82) is 0 Å². The lowest BCUT2D eigenvalue weighted by Gasteiger charge is -2.19. The van der Waals surface area contributed by atoms with Gasteiger partial charge in [0.2, 0.25) is 5.91 Å². The van der Waals surface area contributed by atoms with Gasteiger partial charge in [-0.1, -0.05) is 24.8 Å². The average Bonchev–Trinajstić information content (AvgIpc) is 3.22. The molecule has 4 amide bonds. The molecular formula is C17H19N5O4S2. The molecule has 0 radical (unpaired) electrons. The molecule has 2 N–H and O–H groups in total. The first-order valence-electron chi connectivity index (χ1n) is 8.48. The molecule has 0 bridgehead atoms. The molecule has 2 aromatic rings. The summed E-state index contributed by atoms with van der Waals surface area (Å²) < 4.78 is 1.43. The maximum absolute atomic E-state index is 12.6. The van der Waals surface area contributed by atoms with E-state index >= 15 is 0 Å². The van der Waals surface area contributed by atoms with Gasteiger partial charge >= 0.3 is 6.03 Å². The zero-order chi connectivity index (χ0) is 20.5. The third kappa shape index (κ3) is 3.54. The molecule has 1 saturated heterocycles. The Hall–Kier alpha value is -2.66. The normalized spacial score (nSPS) is 19.1. The second-order valence-corrected chi connectivity index (χ2v) is 8.16. The molecule has 0 saturated carbocycles. The zero-order valence-corrected chi connectivity index (χ0v) is 17.0. The molecule has 148 valence electrons. The van der Waals surface area contributed by atoms with Crippen LogP contribution in [0.3, 0.4) is 0 Å². The van der Waals surface area contributed by atoms with Crippen molar-refractivity contribution in [2.45, 2.75) is 37.5 Å². The van der Waals surface area contributed by atoms with E-state index in [-0.39, 0.29) is 17.9 Å². The third-order valence-corrected chi connectivity index (χ3v) is 6.18. The minimum atomic E-state index is -1.03. The summed E-state index contributed by atoms with van der Waals surface area (Å²) in [6.45, 7) is 7.27. The van der Waals surface area contributed by atoms with Crippen molar-refractivity contribution < 1.29 is 14.4 Å². The predicted molar refractivity (Wildman–Crippen MR) is 107 cm³/mol. The Morgan fingerprint density at radius 2 is 2.21 bits per heavy atom. The summed E-state index contributed by atoms with van der Waals surface area (Å²) in [5.74, 6) is -1.19. The van der Waals surface area contributed by atoms with Gasteiger partial charge in [-0.05, 0) is 24.8 Å². The standard InChI is InChI=1S/C17H19N5O4S2/c1-4-7-21-13(24)10-6-8-27-12(10)18-16(21)28-9-11(23)20-22-14(25)17(3,5-2)19-15(22)26/h4,6,8H,1,5,7,9H2,2-3H3,(H,19,26)(H,20,23). The number of nitrogens with zero attached hydrogens (tertiary/aromatic N) is 3. The molecule has 0 aliphatic carbocycles. The Labute approximate surface area is 168 Å². The highest BCUT2D eigenvalue weighted by atomic mass is 32.2. The number of nitrogens with one attached hydrogen (secondary N) is 2. The summed E-state index contributed by atoms with van der Waals surface area (Å²) in [5, 5.41) is 5.91. The molecule has 2 aromatic heterocycles. The first-order valence-corrected chi connectivity index (χ1v) is 10.3. The molecule has 9 nitrogen and oxygen atoms in total. The lowest BCUT2D eigenvalue weighted by atomic mass is 10.00. The Morgan fingerprint density at radius 1 is 1.46 bits per heavy atom. The highest BCUT2D eigenvalue weighted by Gasteiger charge is 2.47. The van der Waals surface area contributed by atoms with Gasteiger partial charge < -0.3 is 5.32 Å². The molecule has 0 spiro atoms. The Morgan fingerprint density at radius 3 is 2.86 bits per heavy atom. The minimum absolute atomic E-state index is 0.125. The van der Waals surface area contributed by atoms with E-state index in [1.165, 1.54) is 15.9 Å². The van der Waals surface area contributed by atoms with Crippen LogP contribution in [-0.2, 0) is 16.1 Å². The van der Waals surface area contributed by atoms with Gasteiger partial charge in [0.1, 0.15) is 10.4 Å². The number of carbonyl (C=O) groups is 3. The molecule has 1 unspecified atom stereocenters. The van der Waals surface area contributed by atoms with Crippen LogP contribution in [0.25, 0.3) is 10.2 Å². The van der Waals surface area contributed by atoms with Crippen molar-refractivity contribution >= 4 is 51.2 Å². The lowest BCUT2D eigenvalue weighted by Crippen LogP contribution is -2.49. The number of rotatable bonds is 7. The van der Waals surface area contributed by atoms with E-state index in [9.17, 15) is 19.2 Å². The topological polar surface area (TPSA) is 113 Å². The molecule has 3 rings (SSSR count). The van der Waals surface area contributed by atoms with Crippen LogP contribution in [-0.4, -0.2) is 43.7 Å². The first kappa shape index (κ1) is 20.1. The molecule has 1 aliphatic heterocycles. The van der Waals surface area contributed by atoms with E-state index in [1.54, 1.807) is 31.4 Å². The molecular weight excluding hydrogens is 402 g/mol. The van der Waals surface area contributed by atoms with Crippen LogP contribution in [0.15, 0.2) is 34.1 Å². The van der Waals surface area contributed by atoms with Crippen molar-refractivity contribution in [3.63, 3.8) is 0 Å². The minimum Gasteiger partial charge on any atom is -0.322 e. The summed E-state index contributed by atoms with van der Waals surface area (Å²) in [4.78, 5) is 54.2. The number of imide groups is 1. The third-order valence-electron chi connectivity index (χ3n) is 4.40. The Bertz CT molecular complexity index is 1030. The van der Waals surface area contributed by atoms with Gasteiger partial charge in [0.25, 0.3) is 11.5 Å². The van der Waals surface area contributed by atoms with Gasteiger partial charge in [0.15, 0.2) is 5.16 Å². The van der Waals surface area contributed by atoms with Crippen molar-refractivity contribution in [1.82, 2.24) is 25.3 Å². The van der Waals surface area contributed by atoms with Gasteiger partial charge in [-0.3, -0.25) is 24.4 Å². The largest absolute Gasteiger partial charge is 0.344 e. The van der Waals surface area contributed by atoms with Crippen LogP contribution in [0.2, 0.25) is 0 Å². The SMILES string of the molecule is C=CCn1c(SCC(=O)NN2C(=O)NC(C)(CC)C2=O)nc2sccc2c1=O. The quantitative estimate of drug-likeness (QED) is 0.303. The summed E-state index contributed by atoms with van der Waals surface area (Å²) in [6, 6.07) is 1.03.